The Morgan fingerprint density at radius 2 is 1.71 bits per heavy atom. The van der Waals surface area contributed by atoms with Crippen LogP contribution < -0.4 is 5.32 Å². The Kier molecular flexibility index (Phi) is 4.91. The first-order chi connectivity index (χ1) is 13.5. The number of benzene rings is 3. The number of nitrogens with one attached hydrogen (secondary N) is 1. The van der Waals surface area contributed by atoms with Crippen molar-refractivity contribution in [3.63, 3.8) is 0 Å². The molecule has 0 aromatic heterocycles. The second-order valence-corrected chi connectivity index (χ2v) is 8.98. The van der Waals surface area contributed by atoms with Crippen LogP contribution in [0.2, 0.25) is 0 Å². The Balaban J connectivity index is 1.62. The van der Waals surface area contributed by atoms with Gasteiger partial charge in [0.05, 0.1) is 4.90 Å². The lowest BCUT2D eigenvalue weighted by Crippen LogP contribution is -2.43. The second-order valence-electron chi connectivity index (χ2n) is 7.09. The van der Waals surface area contributed by atoms with Gasteiger partial charge in [0.25, 0.3) is 0 Å². The number of hydrogen-bond acceptors (Lipinski definition) is 3. The molecule has 144 valence electrons. The van der Waals surface area contributed by atoms with E-state index in [1.807, 2.05) is 55.5 Å². The highest BCUT2D eigenvalue weighted by molar-refractivity contribution is 7.89. The molecule has 1 saturated heterocycles. The molecule has 0 radical (unpaired) electrons. The molecule has 28 heavy (non-hydrogen) atoms. The van der Waals surface area contributed by atoms with Gasteiger partial charge in [0.2, 0.25) is 15.9 Å². The summed E-state index contributed by atoms with van der Waals surface area (Å²) < 4.78 is 27.9. The SMILES string of the molecule is Cc1ccccc1NC(=O)[C@H]1CCCN1S(=O)(=O)c1ccc2ccccc2c1. The van der Waals surface area contributed by atoms with Gasteiger partial charge >= 0.3 is 0 Å². The van der Waals surface area contributed by atoms with Crippen molar-refractivity contribution in [1.29, 1.82) is 0 Å². The highest BCUT2D eigenvalue weighted by atomic mass is 32.2. The summed E-state index contributed by atoms with van der Waals surface area (Å²) in [6, 6.07) is 19.5. The van der Waals surface area contributed by atoms with Crippen LogP contribution in [0.3, 0.4) is 0 Å². The molecule has 1 fully saturated rings. The maximum Gasteiger partial charge on any atom is 0.243 e. The largest absolute Gasteiger partial charge is 0.324 e. The van der Waals surface area contributed by atoms with Crippen molar-refractivity contribution in [1.82, 2.24) is 4.31 Å². The van der Waals surface area contributed by atoms with E-state index in [0.29, 0.717) is 25.1 Å². The third-order valence-corrected chi connectivity index (χ3v) is 7.14. The molecular formula is C22H22N2O3S. The summed E-state index contributed by atoms with van der Waals surface area (Å²) in [6.07, 6.45) is 1.18. The van der Waals surface area contributed by atoms with Gasteiger partial charge in [-0.1, -0.05) is 48.5 Å². The number of fused-ring (bicyclic) bond motifs is 1. The van der Waals surface area contributed by atoms with Gasteiger partial charge in [0, 0.05) is 12.2 Å². The first-order valence-corrected chi connectivity index (χ1v) is 10.8. The number of rotatable bonds is 4. The van der Waals surface area contributed by atoms with Crippen LogP contribution in [-0.4, -0.2) is 31.2 Å². The van der Waals surface area contributed by atoms with Crippen molar-refractivity contribution >= 4 is 32.4 Å². The lowest BCUT2D eigenvalue weighted by atomic mass is 10.1. The molecule has 0 saturated carbocycles. The molecule has 1 amide bonds. The number of sulfonamides is 1. The summed E-state index contributed by atoms with van der Waals surface area (Å²) in [7, 11) is -3.75. The van der Waals surface area contributed by atoms with Gasteiger partial charge in [-0.15, -0.1) is 0 Å². The Morgan fingerprint density at radius 3 is 2.50 bits per heavy atom. The predicted octanol–water partition coefficient (Wildman–Crippen LogP) is 3.94. The van der Waals surface area contributed by atoms with Gasteiger partial charge in [-0.2, -0.15) is 4.31 Å². The second kappa shape index (κ2) is 7.37. The summed E-state index contributed by atoms with van der Waals surface area (Å²) in [5.74, 6) is -0.281. The summed E-state index contributed by atoms with van der Waals surface area (Å²) in [5, 5.41) is 4.74. The van der Waals surface area contributed by atoms with Gasteiger partial charge in [-0.05, 0) is 54.3 Å². The molecule has 1 N–H and O–H groups in total. The molecule has 3 aromatic rings. The molecule has 1 atom stereocenters. The van der Waals surface area contributed by atoms with Gasteiger partial charge < -0.3 is 5.32 Å². The Bertz CT molecular complexity index is 1140. The van der Waals surface area contributed by atoms with Crippen LogP contribution in [0, 0.1) is 6.92 Å². The van der Waals surface area contributed by atoms with E-state index < -0.39 is 16.1 Å². The zero-order chi connectivity index (χ0) is 19.7. The van der Waals surface area contributed by atoms with Crippen LogP contribution >= 0.6 is 0 Å². The van der Waals surface area contributed by atoms with Gasteiger partial charge in [0.1, 0.15) is 6.04 Å². The fourth-order valence-corrected chi connectivity index (χ4v) is 5.37. The lowest BCUT2D eigenvalue weighted by molar-refractivity contribution is -0.119. The minimum absolute atomic E-state index is 0.224. The topological polar surface area (TPSA) is 66.5 Å². The molecule has 1 aliphatic rings. The van der Waals surface area contributed by atoms with Crippen molar-refractivity contribution < 1.29 is 13.2 Å². The number of carbonyl (C=O) groups is 1. The average Bonchev–Trinajstić information content (AvgIpc) is 3.20. The van der Waals surface area contributed by atoms with Crippen LogP contribution in [0.15, 0.2) is 71.6 Å². The summed E-state index contributed by atoms with van der Waals surface area (Å²) in [4.78, 5) is 13.1. The van der Waals surface area contributed by atoms with E-state index >= 15 is 0 Å². The predicted molar refractivity (Wildman–Crippen MR) is 111 cm³/mol. The van der Waals surface area contributed by atoms with Gasteiger partial charge in [-0.3, -0.25) is 4.79 Å². The highest BCUT2D eigenvalue weighted by Crippen LogP contribution is 2.29. The molecule has 0 bridgehead atoms. The number of aryl methyl sites for hydroxylation is 1. The molecule has 0 spiro atoms. The maximum atomic E-state index is 13.3. The Labute approximate surface area is 165 Å². The quantitative estimate of drug-likeness (QED) is 0.729. The van der Waals surface area contributed by atoms with E-state index in [1.54, 1.807) is 18.2 Å². The first kappa shape index (κ1) is 18.7. The highest BCUT2D eigenvalue weighted by Gasteiger charge is 2.39. The number of para-hydroxylation sites is 1. The minimum Gasteiger partial charge on any atom is -0.324 e. The zero-order valence-corrected chi connectivity index (χ0v) is 16.4. The number of anilines is 1. The third kappa shape index (κ3) is 3.41. The summed E-state index contributed by atoms with van der Waals surface area (Å²) in [5.41, 5.74) is 1.65. The summed E-state index contributed by atoms with van der Waals surface area (Å²) in [6.45, 7) is 2.26. The number of nitrogens with zero attached hydrogens (tertiary/aromatic N) is 1. The molecule has 1 heterocycles. The molecule has 6 heteroatoms. The van der Waals surface area contributed by atoms with Crippen LogP contribution in [0.1, 0.15) is 18.4 Å². The number of hydrogen-bond donors (Lipinski definition) is 1. The van der Waals surface area contributed by atoms with E-state index in [4.69, 9.17) is 0 Å². The molecular weight excluding hydrogens is 372 g/mol. The number of amides is 1. The summed E-state index contributed by atoms with van der Waals surface area (Å²) >= 11 is 0. The fraction of sp³-hybridized carbons (Fsp3) is 0.227. The average molecular weight is 394 g/mol. The molecule has 4 rings (SSSR count). The van der Waals surface area contributed by atoms with E-state index in [0.717, 1.165) is 16.3 Å². The lowest BCUT2D eigenvalue weighted by Gasteiger charge is -2.24. The minimum atomic E-state index is -3.75. The van der Waals surface area contributed by atoms with E-state index in [-0.39, 0.29) is 10.8 Å². The monoisotopic (exact) mass is 394 g/mol. The molecule has 5 nitrogen and oxygen atoms in total. The number of carbonyl (C=O) groups excluding carboxylic acids is 1. The smallest absolute Gasteiger partial charge is 0.243 e. The van der Waals surface area contributed by atoms with E-state index in [1.165, 1.54) is 4.31 Å². The molecule has 0 unspecified atom stereocenters. The Hall–Kier alpha value is -2.70. The van der Waals surface area contributed by atoms with Crippen LogP contribution in [-0.2, 0) is 14.8 Å². The van der Waals surface area contributed by atoms with Gasteiger partial charge in [-0.25, -0.2) is 8.42 Å². The van der Waals surface area contributed by atoms with Crippen molar-refractivity contribution in [2.24, 2.45) is 0 Å². The molecule has 3 aromatic carbocycles. The van der Waals surface area contributed by atoms with Crippen LogP contribution in [0.4, 0.5) is 5.69 Å². The van der Waals surface area contributed by atoms with Crippen molar-refractivity contribution in [3.8, 4) is 0 Å². The van der Waals surface area contributed by atoms with Crippen molar-refractivity contribution in [3.05, 3.63) is 72.3 Å². The molecule has 1 aliphatic heterocycles. The van der Waals surface area contributed by atoms with Crippen LogP contribution in [0.5, 0.6) is 0 Å². The van der Waals surface area contributed by atoms with E-state index in [2.05, 4.69) is 5.32 Å². The van der Waals surface area contributed by atoms with E-state index in [9.17, 15) is 13.2 Å². The normalized spacial score (nSPS) is 17.7. The fourth-order valence-electron chi connectivity index (χ4n) is 3.68. The third-order valence-electron chi connectivity index (χ3n) is 5.24. The van der Waals surface area contributed by atoms with Crippen molar-refractivity contribution in [2.75, 3.05) is 11.9 Å². The standard InChI is InChI=1S/C22H22N2O3S/c1-16-7-2-5-10-20(16)23-22(25)21-11-6-14-24(21)28(26,27)19-13-12-17-8-3-4-9-18(17)15-19/h2-5,7-10,12-13,15,21H,6,11,14H2,1H3,(H,23,25)/t21-/m1/s1. The van der Waals surface area contributed by atoms with Crippen molar-refractivity contribution in [2.45, 2.75) is 30.7 Å². The first-order valence-electron chi connectivity index (χ1n) is 9.34. The maximum absolute atomic E-state index is 13.3. The Morgan fingerprint density at radius 1 is 1.00 bits per heavy atom. The van der Waals surface area contributed by atoms with Gasteiger partial charge in [0.15, 0.2) is 0 Å². The van der Waals surface area contributed by atoms with Crippen LogP contribution in [0.25, 0.3) is 10.8 Å². The molecule has 0 aliphatic carbocycles. The zero-order valence-electron chi connectivity index (χ0n) is 15.6.